The lowest BCUT2D eigenvalue weighted by atomic mass is 10.0. The lowest BCUT2D eigenvalue weighted by Crippen LogP contribution is -2.56. The van der Waals surface area contributed by atoms with E-state index >= 15 is 0 Å². The van der Waals surface area contributed by atoms with Gasteiger partial charge in [0.2, 0.25) is 35.4 Å². The molecule has 0 aromatic heterocycles. The molecule has 0 spiro atoms. The number of aromatic hydroxyl groups is 1. The summed E-state index contributed by atoms with van der Waals surface area (Å²) in [5.74, 6) is -4.42. The summed E-state index contributed by atoms with van der Waals surface area (Å²) >= 11 is 0. The maximum Gasteiger partial charge on any atom is 0.243 e. The van der Waals surface area contributed by atoms with E-state index in [1.54, 1.807) is 12.1 Å². The zero-order valence-electron chi connectivity index (χ0n) is 31.7. The van der Waals surface area contributed by atoms with Gasteiger partial charge in [0.15, 0.2) is 11.9 Å². The van der Waals surface area contributed by atoms with Crippen LogP contribution in [0.2, 0.25) is 0 Å². The van der Waals surface area contributed by atoms with Crippen molar-refractivity contribution in [2.24, 2.45) is 38.7 Å². The highest BCUT2D eigenvalue weighted by molar-refractivity contribution is 5.95. The first kappa shape index (κ1) is 44.5. The monoisotopic (exact) mass is 788 g/mol. The Labute approximate surface area is 329 Å². The van der Waals surface area contributed by atoms with Crippen LogP contribution in [0.3, 0.4) is 0 Å². The number of primary amides is 1. The lowest BCUT2D eigenvalue weighted by molar-refractivity contribution is -0.133. The van der Waals surface area contributed by atoms with Crippen molar-refractivity contribution in [1.29, 1.82) is 0 Å². The largest absolute Gasteiger partial charge is 0.508 e. The Morgan fingerprint density at radius 1 is 0.614 bits per heavy atom. The summed E-state index contributed by atoms with van der Waals surface area (Å²) in [4.78, 5) is 86.1. The summed E-state index contributed by atoms with van der Waals surface area (Å²) in [6.07, 6.45) is 0.889. The predicted octanol–water partition coefficient (Wildman–Crippen LogP) is -2.00. The van der Waals surface area contributed by atoms with Gasteiger partial charge in [-0.25, -0.2) is 0 Å². The fourth-order valence-corrected chi connectivity index (χ4v) is 5.78. The molecule has 3 aromatic carbocycles. The lowest BCUT2D eigenvalue weighted by Gasteiger charge is -2.24. The number of amides is 6. The first-order valence-corrected chi connectivity index (χ1v) is 18.2. The van der Waals surface area contributed by atoms with Crippen LogP contribution in [-0.2, 0) is 41.6 Å². The van der Waals surface area contributed by atoms with E-state index in [0.717, 1.165) is 10.8 Å². The second-order valence-corrected chi connectivity index (χ2v) is 13.3. The molecule has 0 fully saturated rings. The van der Waals surface area contributed by atoms with E-state index in [4.69, 9.17) is 28.7 Å². The molecule has 6 amide bonds. The molecular formula is C38H52N12O7. The molecule has 0 saturated carbocycles. The highest BCUT2D eigenvalue weighted by atomic mass is 16.3. The molecule has 19 heteroatoms. The molecule has 0 saturated heterocycles. The first-order chi connectivity index (χ1) is 27.1. The average molecular weight is 789 g/mol. The molecule has 306 valence electrons. The van der Waals surface area contributed by atoms with Crippen LogP contribution in [0, 0.1) is 0 Å². The number of nitrogens with two attached hydrogens (primary N) is 5. The third-order valence-corrected chi connectivity index (χ3v) is 8.58. The van der Waals surface area contributed by atoms with Crippen molar-refractivity contribution >= 4 is 58.1 Å². The van der Waals surface area contributed by atoms with E-state index in [9.17, 15) is 33.9 Å². The number of benzene rings is 3. The van der Waals surface area contributed by atoms with E-state index in [1.165, 1.54) is 19.1 Å². The number of carbonyl (C=O) groups is 6. The number of guanidine groups is 2. The smallest absolute Gasteiger partial charge is 0.243 e. The molecule has 0 aliphatic heterocycles. The summed E-state index contributed by atoms with van der Waals surface area (Å²) in [7, 11) is 0. The van der Waals surface area contributed by atoms with Crippen LogP contribution in [0.4, 0.5) is 0 Å². The second kappa shape index (κ2) is 22.5. The van der Waals surface area contributed by atoms with Crippen LogP contribution >= 0.6 is 0 Å². The van der Waals surface area contributed by atoms with E-state index in [2.05, 4.69) is 36.6 Å². The quantitative estimate of drug-likeness (QED) is 0.0300. The van der Waals surface area contributed by atoms with Gasteiger partial charge >= 0.3 is 0 Å². The molecule has 19 nitrogen and oxygen atoms in total. The second-order valence-electron chi connectivity index (χ2n) is 13.3. The van der Waals surface area contributed by atoms with Crippen molar-refractivity contribution in [1.82, 2.24) is 26.6 Å². The summed E-state index contributed by atoms with van der Waals surface area (Å²) in [6, 6.07) is 14.5. The van der Waals surface area contributed by atoms with Gasteiger partial charge in [0.05, 0.1) is 6.54 Å². The maximum atomic E-state index is 13.7. The van der Waals surface area contributed by atoms with Crippen molar-refractivity contribution in [3.8, 4) is 5.75 Å². The van der Waals surface area contributed by atoms with Crippen molar-refractivity contribution < 1.29 is 33.9 Å². The van der Waals surface area contributed by atoms with Gasteiger partial charge in [0.25, 0.3) is 0 Å². The van der Waals surface area contributed by atoms with Gasteiger partial charge < -0.3 is 60.4 Å². The number of hydrogen-bond donors (Lipinski definition) is 11. The normalized spacial score (nSPS) is 12.8. The minimum Gasteiger partial charge on any atom is -0.508 e. The molecule has 0 unspecified atom stereocenters. The average Bonchev–Trinajstić information content (AvgIpc) is 3.15. The standard InChI is InChI=1S/C38H52N12O7/c1-22(51)47-29(9-5-17-45-38(42)43)35(56)50-30(20-24-10-13-25-6-2-3-7-26(25)18-24)34(55)46-21-32(53)48-31(19-23-11-14-27(52)15-12-23)36(57)49-28(33(39)54)8-4-16-44-37(40)41/h2-3,6-7,10-15,18,28-31,52H,4-5,8-9,16-17,19-21H2,1H3,(H2,39,54)(H,46,55)(H,47,51)(H,48,53)(H,49,57)(H,50,56)(H4,40,41,44)(H4,42,43,45)/t28-,29-,30-,31+/m0/s1. The number of fused-ring (bicyclic) bond motifs is 1. The Bertz CT molecular complexity index is 1930. The van der Waals surface area contributed by atoms with Gasteiger partial charge in [0, 0.05) is 32.9 Å². The zero-order valence-corrected chi connectivity index (χ0v) is 31.7. The fraction of sp³-hybridized carbons (Fsp3) is 0.368. The molecule has 0 bridgehead atoms. The van der Waals surface area contributed by atoms with Gasteiger partial charge in [-0.05, 0) is 59.7 Å². The van der Waals surface area contributed by atoms with Gasteiger partial charge in [0.1, 0.15) is 29.9 Å². The highest BCUT2D eigenvalue weighted by Gasteiger charge is 2.29. The molecule has 3 aromatic rings. The molecule has 4 atom stereocenters. The molecule has 0 aliphatic rings. The molecular weight excluding hydrogens is 736 g/mol. The molecule has 3 rings (SSSR count). The van der Waals surface area contributed by atoms with Crippen LogP contribution in [0.5, 0.6) is 5.75 Å². The van der Waals surface area contributed by atoms with Crippen molar-refractivity contribution in [2.45, 2.75) is 69.6 Å². The van der Waals surface area contributed by atoms with Gasteiger partial charge in [-0.2, -0.15) is 0 Å². The Balaban J connectivity index is 1.79. The van der Waals surface area contributed by atoms with Crippen LogP contribution in [0.25, 0.3) is 10.8 Å². The topological polar surface area (TPSA) is 338 Å². The predicted molar refractivity (Wildman–Crippen MR) is 215 cm³/mol. The van der Waals surface area contributed by atoms with Crippen LogP contribution < -0.4 is 55.3 Å². The zero-order chi connectivity index (χ0) is 41.9. The van der Waals surface area contributed by atoms with Gasteiger partial charge in [-0.3, -0.25) is 38.8 Å². The van der Waals surface area contributed by atoms with Crippen molar-refractivity contribution in [2.75, 3.05) is 19.6 Å². The minimum absolute atomic E-state index is 0.0132. The number of nitrogens with zero attached hydrogens (tertiary/aromatic N) is 2. The number of phenolic OH excluding ortho intramolecular Hbond substituents is 1. The fourth-order valence-electron chi connectivity index (χ4n) is 5.78. The van der Waals surface area contributed by atoms with Crippen LogP contribution in [-0.4, -0.2) is 96.3 Å². The minimum atomic E-state index is -1.25. The number of carbonyl (C=O) groups excluding carboxylic acids is 6. The number of nitrogens with one attached hydrogen (secondary N) is 5. The number of rotatable bonds is 22. The Morgan fingerprint density at radius 3 is 1.74 bits per heavy atom. The number of phenols is 1. The van der Waals surface area contributed by atoms with E-state index in [0.29, 0.717) is 24.0 Å². The Morgan fingerprint density at radius 2 is 1.14 bits per heavy atom. The summed E-state index contributed by atoms with van der Waals surface area (Å²) < 4.78 is 0. The summed E-state index contributed by atoms with van der Waals surface area (Å²) in [6.45, 7) is 1.04. The van der Waals surface area contributed by atoms with Gasteiger partial charge in [-0.1, -0.05) is 54.6 Å². The highest BCUT2D eigenvalue weighted by Crippen LogP contribution is 2.17. The van der Waals surface area contributed by atoms with E-state index in [1.807, 2.05) is 42.5 Å². The van der Waals surface area contributed by atoms with Crippen LogP contribution in [0.15, 0.2) is 76.7 Å². The SMILES string of the molecule is CC(=O)N[C@@H](CCCN=C(N)N)C(=O)N[C@@H](Cc1ccc2ccccc2c1)C(=O)NCC(=O)N[C@H](Cc1ccc(O)cc1)C(=O)N[C@@H](CCCN=C(N)N)C(N)=O. The maximum absolute atomic E-state index is 13.7. The number of aliphatic imine (C=N–C) groups is 2. The molecule has 0 heterocycles. The van der Waals surface area contributed by atoms with Gasteiger partial charge in [-0.15, -0.1) is 0 Å². The first-order valence-electron chi connectivity index (χ1n) is 18.2. The van der Waals surface area contributed by atoms with E-state index < -0.39 is 66.2 Å². The number of hydrogen-bond acceptors (Lipinski definition) is 9. The molecule has 0 radical (unpaired) electrons. The Hall–Kier alpha value is -6.92. The Kier molecular flexibility index (Phi) is 17.5. The summed E-state index contributed by atoms with van der Waals surface area (Å²) in [5, 5.41) is 24.6. The van der Waals surface area contributed by atoms with Crippen molar-refractivity contribution in [3.05, 3.63) is 77.9 Å². The third kappa shape index (κ3) is 16.1. The summed E-state index contributed by atoms with van der Waals surface area (Å²) in [5.41, 5.74) is 28.3. The van der Waals surface area contributed by atoms with Crippen LogP contribution in [0.1, 0.15) is 43.7 Å². The molecule has 57 heavy (non-hydrogen) atoms. The molecule has 16 N–H and O–H groups in total. The third-order valence-electron chi connectivity index (χ3n) is 8.58. The van der Waals surface area contributed by atoms with E-state index in [-0.39, 0.29) is 56.4 Å². The van der Waals surface area contributed by atoms with Crippen molar-refractivity contribution in [3.63, 3.8) is 0 Å². The molecule has 0 aliphatic carbocycles.